The molecular weight excluding hydrogens is 286 g/mol. The number of amidine groups is 1. The van der Waals surface area contributed by atoms with Crippen molar-refractivity contribution in [2.24, 2.45) is 4.99 Å². The Morgan fingerprint density at radius 1 is 1.56 bits per heavy atom. The van der Waals surface area contributed by atoms with Gasteiger partial charge in [0.25, 0.3) is 0 Å². The molecule has 2 heterocycles. The number of thioether (sulfide) groups is 1. The normalized spacial score (nSPS) is 30.2. The maximum absolute atomic E-state index is 4.68. The highest BCUT2D eigenvalue weighted by Crippen LogP contribution is 2.29. The lowest BCUT2D eigenvalue weighted by Crippen LogP contribution is -2.39. The minimum absolute atomic E-state index is 0.649. The van der Waals surface area contributed by atoms with Crippen molar-refractivity contribution in [3.63, 3.8) is 0 Å². The van der Waals surface area contributed by atoms with Gasteiger partial charge in [-0.2, -0.15) is 0 Å². The lowest BCUT2D eigenvalue weighted by Gasteiger charge is -2.28. The topological polar surface area (TPSA) is 18.8 Å². The van der Waals surface area contributed by atoms with Crippen molar-refractivity contribution in [1.82, 2.24) is 9.80 Å². The number of halogens is 1. The Kier molecular flexibility index (Phi) is 4.56. The SMILES string of the molecule is CN(C)CC1CCCN1C1=NCC(CBr)S1. The number of likely N-dealkylation sites (tertiary alicyclic amines) is 1. The average Bonchev–Trinajstić information content (AvgIpc) is 2.84. The smallest absolute Gasteiger partial charge is 0.159 e. The van der Waals surface area contributed by atoms with Gasteiger partial charge in [-0.3, -0.25) is 4.99 Å². The Hall–Kier alpha value is 0.260. The maximum Gasteiger partial charge on any atom is 0.159 e. The maximum atomic E-state index is 4.68. The average molecular weight is 306 g/mol. The molecule has 2 rings (SSSR count). The van der Waals surface area contributed by atoms with E-state index in [1.165, 1.54) is 24.6 Å². The minimum atomic E-state index is 0.649. The largest absolute Gasteiger partial charge is 0.347 e. The van der Waals surface area contributed by atoms with Crippen molar-refractivity contribution in [2.75, 3.05) is 39.1 Å². The molecule has 0 N–H and O–H groups in total. The van der Waals surface area contributed by atoms with Crippen LogP contribution in [-0.4, -0.2) is 65.3 Å². The first-order chi connectivity index (χ1) is 7.70. The first-order valence-corrected chi connectivity index (χ1v) is 7.89. The van der Waals surface area contributed by atoms with Crippen molar-refractivity contribution < 1.29 is 0 Å². The third-order valence-electron chi connectivity index (χ3n) is 3.07. The molecule has 0 amide bonds. The number of alkyl halides is 1. The highest BCUT2D eigenvalue weighted by molar-refractivity contribution is 9.09. The summed E-state index contributed by atoms with van der Waals surface area (Å²) in [5.41, 5.74) is 0. The van der Waals surface area contributed by atoms with Crippen molar-refractivity contribution in [2.45, 2.75) is 24.1 Å². The van der Waals surface area contributed by atoms with Gasteiger partial charge in [-0.05, 0) is 26.9 Å². The second-order valence-electron chi connectivity index (χ2n) is 4.77. The predicted octanol–water partition coefficient (Wildman–Crippen LogP) is 1.88. The van der Waals surface area contributed by atoms with Crippen molar-refractivity contribution in [3.05, 3.63) is 0 Å². The summed E-state index contributed by atoms with van der Waals surface area (Å²) in [6, 6.07) is 0.676. The van der Waals surface area contributed by atoms with Crippen molar-refractivity contribution >= 4 is 32.9 Å². The minimum Gasteiger partial charge on any atom is -0.347 e. The number of rotatable bonds is 3. The second kappa shape index (κ2) is 5.74. The van der Waals surface area contributed by atoms with Crippen LogP contribution in [0.3, 0.4) is 0 Å². The lowest BCUT2D eigenvalue weighted by atomic mass is 10.2. The molecule has 0 aromatic heterocycles. The Bertz CT molecular complexity index is 270. The van der Waals surface area contributed by atoms with E-state index in [9.17, 15) is 0 Å². The van der Waals surface area contributed by atoms with E-state index in [2.05, 4.69) is 44.8 Å². The summed E-state index contributed by atoms with van der Waals surface area (Å²) < 4.78 is 0. The summed E-state index contributed by atoms with van der Waals surface area (Å²) in [6.45, 7) is 3.33. The summed E-state index contributed by atoms with van der Waals surface area (Å²) in [7, 11) is 4.31. The monoisotopic (exact) mass is 305 g/mol. The molecule has 2 aliphatic heterocycles. The van der Waals surface area contributed by atoms with Gasteiger partial charge in [0, 0.05) is 29.7 Å². The van der Waals surface area contributed by atoms with Crippen LogP contribution in [0.1, 0.15) is 12.8 Å². The fourth-order valence-corrected chi connectivity index (χ4v) is 3.98. The molecule has 3 nitrogen and oxygen atoms in total. The molecule has 1 saturated heterocycles. The van der Waals surface area contributed by atoms with Gasteiger partial charge in [0.1, 0.15) is 0 Å². The molecule has 5 heteroatoms. The summed E-state index contributed by atoms with van der Waals surface area (Å²) in [5.74, 6) is 0. The van der Waals surface area contributed by atoms with Crippen LogP contribution in [-0.2, 0) is 0 Å². The van der Waals surface area contributed by atoms with Crippen LogP contribution in [0.15, 0.2) is 4.99 Å². The molecule has 2 atom stereocenters. The van der Waals surface area contributed by atoms with Gasteiger partial charge in [-0.1, -0.05) is 27.7 Å². The molecule has 92 valence electrons. The number of aliphatic imine (C=N–C) groups is 1. The van der Waals surface area contributed by atoms with Crippen LogP contribution in [0.2, 0.25) is 0 Å². The molecule has 0 aromatic carbocycles. The fourth-order valence-electron chi connectivity index (χ4n) is 2.34. The van der Waals surface area contributed by atoms with Gasteiger partial charge in [-0.25, -0.2) is 0 Å². The van der Waals surface area contributed by atoms with E-state index in [0.717, 1.165) is 18.4 Å². The Balaban J connectivity index is 1.93. The third-order valence-corrected chi connectivity index (χ3v) is 5.51. The molecule has 0 radical (unpaired) electrons. The van der Waals surface area contributed by atoms with E-state index in [0.29, 0.717) is 11.3 Å². The standard InChI is InChI=1S/C11H20BrN3S/c1-14(2)8-9-4-3-5-15(9)11-13-7-10(6-12)16-11/h9-10H,3-8H2,1-2H3. The van der Waals surface area contributed by atoms with E-state index in [1.807, 2.05) is 11.8 Å². The van der Waals surface area contributed by atoms with Gasteiger partial charge in [-0.15, -0.1) is 0 Å². The van der Waals surface area contributed by atoms with E-state index < -0.39 is 0 Å². The van der Waals surface area contributed by atoms with Crippen molar-refractivity contribution in [3.8, 4) is 0 Å². The Morgan fingerprint density at radius 2 is 2.38 bits per heavy atom. The fraction of sp³-hybridized carbons (Fsp3) is 0.909. The predicted molar refractivity (Wildman–Crippen MR) is 75.8 cm³/mol. The first kappa shape index (κ1) is 12.7. The molecule has 1 fully saturated rings. The molecular formula is C11H20BrN3S. The number of likely N-dealkylation sites (N-methyl/N-ethyl adjacent to an activating group) is 1. The van der Waals surface area contributed by atoms with Crippen LogP contribution >= 0.6 is 27.7 Å². The second-order valence-corrected chi connectivity index (χ2v) is 6.68. The summed E-state index contributed by atoms with van der Waals surface area (Å²) in [6.07, 6.45) is 2.63. The highest BCUT2D eigenvalue weighted by Gasteiger charge is 2.31. The third kappa shape index (κ3) is 2.93. The van der Waals surface area contributed by atoms with Crippen molar-refractivity contribution in [1.29, 1.82) is 0 Å². The van der Waals surface area contributed by atoms with Gasteiger partial charge in [0.15, 0.2) is 5.17 Å². The van der Waals surface area contributed by atoms with Gasteiger partial charge in [0.05, 0.1) is 6.54 Å². The molecule has 0 saturated carbocycles. The Labute approximate surface area is 111 Å². The zero-order valence-corrected chi connectivity index (χ0v) is 12.4. The van der Waals surface area contributed by atoms with Crippen LogP contribution in [0.4, 0.5) is 0 Å². The summed E-state index contributed by atoms with van der Waals surface area (Å²) in [4.78, 5) is 9.49. The van der Waals surface area contributed by atoms with Crippen LogP contribution < -0.4 is 0 Å². The van der Waals surface area contributed by atoms with Gasteiger partial charge in [0.2, 0.25) is 0 Å². The summed E-state index contributed by atoms with van der Waals surface area (Å²) in [5, 5.41) is 2.99. The van der Waals surface area contributed by atoms with E-state index in [4.69, 9.17) is 0 Å². The summed E-state index contributed by atoms with van der Waals surface area (Å²) >= 11 is 5.50. The first-order valence-electron chi connectivity index (χ1n) is 5.89. The van der Waals surface area contributed by atoms with Crippen LogP contribution in [0.25, 0.3) is 0 Å². The number of nitrogens with zero attached hydrogens (tertiary/aromatic N) is 3. The molecule has 0 spiro atoms. The molecule has 0 aromatic rings. The molecule has 0 aliphatic carbocycles. The van der Waals surface area contributed by atoms with E-state index >= 15 is 0 Å². The Morgan fingerprint density at radius 3 is 3.00 bits per heavy atom. The quantitative estimate of drug-likeness (QED) is 0.742. The van der Waals surface area contributed by atoms with Gasteiger partial charge >= 0.3 is 0 Å². The molecule has 2 unspecified atom stereocenters. The lowest BCUT2D eigenvalue weighted by molar-refractivity contribution is 0.289. The molecule has 2 aliphatic rings. The molecule has 16 heavy (non-hydrogen) atoms. The van der Waals surface area contributed by atoms with E-state index in [1.54, 1.807) is 0 Å². The zero-order chi connectivity index (χ0) is 11.5. The van der Waals surface area contributed by atoms with Gasteiger partial charge < -0.3 is 9.80 Å². The highest BCUT2D eigenvalue weighted by atomic mass is 79.9. The zero-order valence-electron chi connectivity index (χ0n) is 10.0. The van der Waals surface area contributed by atoms with Crippen LogP contribution in [0.5, 0.6) is 0 Å². The number of hydrogen-bond acceptors (Lipinski definition) is 4. The van der Waals surface area contributed by atoms with Crippen LogP contribution in [0, 0.1) is 0 Å². The number of hydrogen-bond donors (Lipinski definition) is 0. The van der Waals surface area contributed by atoms with E-state index in [-0.39, 0.29) is 0 Å². The molecule has 0 bridgehead atoms.